The van der Waals surface area contributed by atoms with Crippen LogP contribution in [0, 0.1) is 0 Å². The number of hydrogen-bond acceptors (Lipinski definition) is 6. The molecular formula is C12H16N2O4. The Morgan fingerprint density at radius 3 is 3.22 bits per heavy atom. The summed E-state index contributed by atoms with van der Waals surface area (Å²) >= 11 is 0. The maximum atomic E-state index is 11.5. The molecule has 6 heteroatoms. The lowest BCUT2D eigenvalue weighted by atomic mass is 10.2. The molecule has 0 spiro atoms. The second kappa shape index (κ2) is 6.32. The fraction of sp³-hybridized carbons (Fsp3) is 0.500. The smallest absolute Gasteiger partial charge is 0.341 e. The van der Waals surface area contributed by atoms with Gasteiger partial charge in [-0.2, -0.15) is 0 Å². The first-order valence-electron chi connectivity index (χ1n) is 5.78. The average Bonchev–Trinajstić information content (AvgIpc) is 2.45. The molecule has 0 saturated carbocycles. The van der Waals surface area contributed by atoms with Gasteiger partial charge >= 0.3 is 5.97 Å². The molecule has 1 N–H and O–H groups in total. The van der Waals surface area contributed by atoms with E-state index in [1.807, 2.05) is 0 Å². The van der Waals surface area contributed by atoms with Crippen LogP contribution < -0.4 is 5.32 Å². The summed E-state index contributed by atoms with van der Waals surface area (Å²) in [5.74, 6) is 0.0879. The highest BCUT2D eigenvalue weighted by molar-refractivity contribution is 5.94. The van der Waals surface area contributed by atoms with E-state index in [1.165, 1.54) is 7.11 Å². The van der Waals surface area contributed by atoms with Crippen LogP contribution in [0.3, 0.4) is 0 Å². The first kappa shape index (κ1) is 12.8. The van der Waals surface area contributed by atoms with E-state index in [1.54, 1.807) is 18.3 Å². The van der Waals surface area contributed by atoms with Gasteiger partial charge in [0.05, 0.1) is 33.0 Å². The molecule has 0 radical (unpaired) electrons. The van der Waals surface area contributed by atoms with Crippen LogP contribution in [-0.2, 0) is 14.2 Å². The van der Waals surface area contributed by atoms with Gasteiger partial charge in [0, 0.05) is 12.7 Å². The molecule has 18 heavy (non-hydrogen) atoms. The Morgan fingerprint density at radius 1 is 1.61 bits per heavy atom. The van der Waals surface area contributed by atoms with Gasteiger partial charge in [-0.1, -0.05) is 0 Å². The van der Waals surface area contributed by atoms with Crippen molar-refractivity contribution in [3.05, 3.63) is 23.9 Å². The lowest BCUT2D eigenvalue weighted by Crippen LogP contribution is -2.34. The van der Waals surface area contributed by atoms with Crippen LogP contribution >= 0.6 is 0 Å². The maximum Gasteiger partial charge on any atom is 0.341 e. The Hall–Kier alpha value is -1.66. The maximum absolute atomic E-state index is 11.5. The molecule has 1 unspecified atom stereocenters. The van der Waals surface area contributed by atoms with Crippen LogP contribution in [0.1, 0.15) is 10.4 Å². The van der Waals surface area contributed by atoms with E-state index in [0.29, 0.717) is 37.7 Å². The van der Waals surface area contributed by atoms with E-state index in [0.717, 1.165) is 0 Å². The lowest BCUT2D eigenvalue weighted by Gasteiger charge is -2.23. The van der Waals surface area contributed by atoms with Crippen molar-refractivity contribution in [2.75, 3.05) is 38.8 Å². The van der Waals surface area contributed by atoms with Crippen molar-refractivity contribution < 1.29 is 19.0 Å². The monoisotopic (exact) mass is 252 g/mol. The zero-order chi connectivity index (χ0) is 12.8. The number of ether oxygens (including phenoxy) is 3. The van der Waals surface area contributed by atoms with Gasteiger partial charge < -0.3 is 19.5 Å². The van der Waals surface area contributed by atoms with Gasteiger partial charge in [-0.3, -0.25) is 0 Å². The number of nitrogens with zero attached hydrogens (tertiary/aromatic N) is 1. The van der Waals surface area contributed by atoms with Gasteiger partial charge in [0.15, 0.2) is 0 Å². The zero-order valence-electron chi connectivity index (χ0n) is 10.2. The highest BCUT2D eigenvalue weighted by Gasteiger charge is 2.17. The quantitative estimate of drug-likeness (QED) is 0.795. The number of pyridine rings is 1. The topological polar surface area (TPSA) is 69.7 Å². The third-order valence-electron chi connectivity index (χ3n) is 2.60. The molecule has 0 bridgehead atoms. The fourth-order valence-electron chi connectivity index (χ4n) is 1.69. The summed E-state index contributed by atoms with van der Waals surface area (Å²) in [4.78, 5) is 15.7. The molecule has 1 atom stereocenters. The molecule has 0 aromatic carbocycles. The highest BCUT2D eigenvalue weighted by atomic mass is 16.6. The number of anilines is 1. The Balaban J connectivity index is 1.97. The number of rotatable bonds is 4. The number of esters is 1. The minimum Gasteiger partial charge on any atom is -0.465 e. The number of carbonyl (C=O) groups is 1. The summed E-state index contributed by atoms with van der Waals surface area (Å²) in [6.45, 7) is 2.32. The van der Waals surface area contributed by atoms with Crippen LogP contribution in [0.25, 0.3) is 0 Å². The standard InChI is InChI=1S/C12H16N2O4/c1-16-12(15)10-3-2-4-13-11(10)14-7-9-8-17-5-6-18-9/h2-4,9H,5-8H2,1H3,(H,13,14). The van der Waals surface area contributed by atoms with E-state index in [9.17, 15) is 4.79 Å². The van der Waals surface area contributed by atoms with Crippen molar-refractivity contribution in [1.29, 1.82) is 0 Å². The molecule has 0 amide bonds. The number of carbonyl (C=O) groups excluding carboxylic acids is 1. The summed E-state index contributed by atoms with van der Waals surface area (Å²) in [5, 5.41) is 3.08. The fourth-order valence-corrected chi connectivity index (χ4v) is 1.69. The summed E-state index contributed by atoms with van der Waals surface area (Å²) in [5.41, 5.74) is 0.414. The SMILES string of the molecule is COC(=O)c1cccnc1NCC1COCCO1. The van der Waals surface area contributed by atoms with E-state index >= 15 is 0 Å². The summed E-state index contributed by atoms with van der Waals surface area (Å²) in [6.07, 6.45) is 1.60. The van der Waals surface area contributed by atoms with E-state index in [2.05, 4.69) is 10.3 Å². The largest absolute Gasteiger partial charge is 0.465 e. The van der Waals surface area contributed by atoms with Crippen molar-refractivity contribution in [2.45, 2.75) is 6.10 Å². The van der Waals surface area contributed by atoms with E-state index in [-0.39, 0.29) is 6.10 Å². The van der Waals surface area contributed by atoms with Gasteiger partial charge in [-0.05, 0) is 12.1 Å². The normalized spacial score (nSPS) is 19.3. The van der Waals surface area contributed by atoms with Crippen LogP contribution in [0.5, 0.6) is 0 Å². The molecule has 6 nitrogen and oxygen atoms in total. The zero-order valence-corrected chi connectivity index (χ0v) is 10.2. The van der Waals surface area contributed by atoms with Gasteiger partial charge in [0.25, 0.3) is 0 Å². The predicted molar refractivity (Wildman–Crippen MR) is 64.6 cm³/mol. The predicted octanol–water partition coefficient (Wildman–Crippen LogP) is 0.695. The number of methoxy groups -OCH3 is 1. The molecule has 2 rings (SSSR count). The molecule has 1 aromatic rings. The molecule has 1 saturated heterocycles. The number of nitrogens with one attached hydrogen (secondary N) is 1. The van der Waals surface area contributed by atoms with Crippen molar-refractivity contribution in [2.24, 2.45) is 0 Å². The first-order chi connectivity index (χ1) is 8.81. The summed E-state index contributed by atoms with van der Waals surface area (Å²) in [6, 6.07) is 3.36. The van der Waals surface area contributed by atoms with Crippen LogP contribution in [0.4, 0.5) is 5.82 Å². The average molecular weight is 252 g/mol. The molecule has 1 aromatic heterocycles. The van der Waals surface area contributed by atoms with Crippen molar-refractivity contribution in [1.82, 2.24) is 4.98 Å². The van der Waals surface area contributed by atoms with Gasteiger partial charge in [0.1, 0.15) is 11.4 Å². The van der Waals surface area contributed by atoms with Crippen molar-refractivity contribution >= 4 is 11.8 Å². The Labute approximate surface area is 105 Å². The second-order valence-corrected chi connectivity index (χ2v) is 3.84. The molecule has 0 aliphatic carbocycles. The first-order valence-corrected chi connectivity index (χ1v) is 5.78. The van der Waals surface area contributed by atoms with E-state index < -0.39 is 5.97 Å². The van der Waals surface area contributed by atoms with Crippen LogP contribution in [0.2, 0.25) is 0 Å². The molecule has 98 valence electrons. The Bertz CT molecular complexity index is 405. The summed E-state index contributed by atoms with van der Waals surface area (Å²) in [7, 11) is 1.34. The summed E-state index contributed by atoms with van der Waals surface area (Å²) < 4.78 is 15.5. The minimum atomic E-state index is -0.411. The molecule has 1 fully saturated rings. The van der Waals surface area contributed by atoms with Crippen LogP contribution in [0.15, 0.2) is 18.3 Å². The van der Waals surface area contributed by atoms with Crippen molar-refractivity contribution in [3.8, 4) is 0 Å². The third-order valence-corrected chi connectivity index (χ3v) is 2.60. The molecule has 1 aliphatic rings. The minimum absolute atomic E-state index is 0.0220. The molecule has 1 aliphatic heterocycles. The van der Waals surface area contributed by atoms with Crippen molar-refractivity contribution in [3.63, 3.8) is 0 Å². The Kier molecular flexibility index (Phi) is 4.49. The van der Waals surface area contributed by atoms with Gasteiger partial charge in [-0.15, -0.1) is 0 Å². The lowest BCUT2D eigenvalue weighted by molar-refractivity contribution is -0.0819. The number of aromatic nitrogens is 1. The Morgan fingerprint density at radius 2 is 2.50 bits per heavy atom. The second-order valence-electron chi connectivity index (χ2n) is 3.84. The van der Waals surface area contributed by atoms with E-state index in [4.69, 9.17) is 14.2 Å². The molecule has 2 heterocycles. The third kappa shape index (κ3) is 3.18. The van der Waals surface area contributed by atoms with Gasteiger partial charge in [-0.25, -0.2) is 9.78 Å². The van der Waals surface area contributed by atoms with Crippen LogP contribution in [-0.4, -0.2) is 50.5 Å². The highest BCUT2D eigenvalue weighted by Crippen LogP contribution is 2.13. The molecular weight excluding hydrogens is 236 g/mol. The number of hydrogen-bond donors (Lipinski definition) is 1. The van der Waals surface area contributed by atoms with Gasteiger partial charge in [0.2, 0.25) is 0 Å².